The molecule has 2 rings (SSSR count). The first-order valence-electron chi connectivity index (χ1n) is 7.51. The Balaban J connectivity index is 2.33. The van der Waals surface area contributed by atoms with Crippen molar-refractivity contribution >= 4 is 17.7 Å². The van der Waals surface area contributed by atoms with E-state index < -0.39 is 12.0 Å². The molecule has 0 aliphatic carbocycles. The van der Waals surface area contributed by atoms with Crippen molar-refractivity contribution in [2.75, 3.05) is 13.7 Å². The molecule has 23 heavy (non-hydrogen) atoms. The molecule has 2 unspecified atom stereocenters. The van der Waals surface area contributed by atoms with Crippen LogP contribution in [0.1, 0.15) is 51.9 Å². The Kier molecular flexibility index (Phi) is 4.89. The third-order valence-corrected chi connectivity index (χ3v) is 4.38. The highest BCUT2D eigenvalue weighted by Gasteiger charge is 2.38. The van der Waals surface area contributed by atoms with E-state index in [-0.39, 0.29) is 24.2 Å². The highest BCUT2D eigenvalue weighted by molar-refractivity contribution is 6.02. The number of aryl methyl sites for hydroxylation is 1. The standard InChI is InChI=1S/C16H22N2O5/c1-8-14(10(3)19)9(2)17-15(8)16(22)18-7-12(23-4)5-11(18)6-13(20)21/h11-12,17H,5-7H2,1-4H3,(H,20,21). The number of Topliss-reactive ketones (excluding diaryl/α,β-unsaturated/α-hetero) is 1. The number of aliphatic carboxylic acids is 1. The fourth-order valence-electron chi connectivity index (χ4n) is 3.32. The van der Waals surface area contributed by atoms with Crippen molar-refractivity contribution in [3.8, 4) is 0 Å². The molecule has 2 N–H and O–H groups in total. The summed E-state index contributed by atoms with van der Waals surface area (Å²) in [6.45, 7) is 5.28. The van der Waals surface area contributed by atoms with Gasteiger partial charge in [-0.1, -0.05) is 0 Å². The molecular weight excluding hydrogens is 300 g/mol. The molecule has 1 fully saturated rings. The van der Waals surface area contributed by atoms with E-state index in [4.69, 9.17) is 9.84 Å². The first-order valence-corrected chi connectivity index (χ1v) is 7.51. The second-order valence-corrected chi connectivity index (χ2v) is 5.98. The van der Waals surface area contributed by atoms with Crippen LogP contribution in [0, 0.1) is 13.8 Å². The van der Waals surface area contributed by atoms with E-state index in [1.165, 1.54) is 11.8 Å². The minimum absolute atomic E-state index is 0.103. The van der Waals surface area contributed by atoms with E-state index in [0.717, 1.165) is 0 Å². The number of methoxy groups -OCH3 is 1. The van der Waals surface area contributed by atoms with E-state index in [1.54, 1.807) is 21.0 Å². The Morgan fingerprint density at radius 2 is 2.00 bits per heavy atom. The lowest BCUT2D eigenvalue weighted by atomic mass is 10.1. The fourth-order valence-corrected chi connectivity index (χ4v) is 3.32. The van der Waals surface area contributed by atoms with E-state index in [0.29, 0.717) is 35.5 Å². The zero-order valence-electron chi connectivity index (χ0n) is 13.8. The first-order chi connectivity index (χ1) is 10.8. The van der Waals surface area contributed by atoms with Gasteiger partial charge in [-0.3, -0.25) is 14.4 Å². The number of carbonyl (C=O) groups is 3. The van der Waals surface area contributed by atoms with Gasteiger partial charge in [0.1, 0.15) is 5.69 Å². The number of ether oxygens (including phenoxy) is 1. The number of carbonyl (C=O) groups excluding carboxylic acids is 2. The zero-order chi connectivity index (χ0) is 17.3. The van der Waals surface area contributed by atoms with Gasteiger partial charge in [0.05, 0.1) is 12.5 Å². The summed E-state index contributed by atoms with van der Waals surface area (Å²) >= 11 is 0. The number of aromatic nitrogens is 1. The summed E-state index contributed by atoms with van der Waals surface area (Å²) in [7, 11) is 1.55. The number of hydrogen-bond donors (Lipinski definition) is 2. The summed E-state index contributed by atoms with van der Waals surface area (Å²) in [5, 5.41) is 9.05. The van der Waals surface area contributed by atoms with Gasteiger partial charge in [0.15, 0.2) is 5.78 Å². The van der Waals surface area contributed by atoms with Crippen molar-refractivity contribution < 1.29 is 24.2 Å². The smallest absolute Gasteiger partial charge is 0.305 e. The highest BCUT2D eigenvalue weighted by atomic mass is 16.5. The van der Waals surface area contributed by atoms with E-state index in [1.807, 2.05) is 0 Å². The number of carboxylic acid groups (broad SMARTS) is 1. The Hall–Kier alpha value is -2.15. The van der Waals surface area contributed by atoms with Crippen molar-refractivity contribution in [1.29, 1.82) is 0 Å². The molecule has 0 radical (unpaired) electrons. The number of likely N-dealkylation sites (tertiary alicyclic amines) is 1. The highest BCUT2D eigenvalue weighted by Crippen LogP contribution is 2.27. The van der Waals surface area contributed by atoms with Gasteiger partial charge in [0.2, 0.25) is 0 Å². The number of rotatable bonds is 5. The predicted octanol–water partition coefficient (Wildman–Crippen LogP) is 1.54. The Morgan fingerprint density at radius 1 is 1.35 bits per heavy atom. The minimum atomic E-state index is -0.951. The lowest BCUT2D eigenvalue weighted by molar-refractivity contribution is -0.138. The molecule has 126 valence electrons. The molecule has 1 aromatic heterocycles. The van der Waals surface area contributed by atoms with Crippen LogP contribution in [0.4, 0.5) is 0 Å². The fraction of sp³-hybridized carbons (Fsp3) is 0.562. The summed E-state index contributed by atoms with van der Waals surface area (Å²) in [6.07, 6.45) is 0.198. The van der Waals surface area contributed by atoms with Gasteiger partial charge in [-0.25, -0.2) is 0 Å². The lowest BCUT2D eigenvalue weighted by Crippen LogP contribution is -2.37. The maximum Gasteiger partial charge on any atom is 0.305 e. The number of nitrogens with one attached hydrogen (secondary N) is 1. The first kappa shape index (κ1) is 17.2. The van der Waals surface area contributed by atoms with E-state index >= 15 is 0 Å². The van der Waals surface area contributed by atoms with Crippen LogP contribution in [0.15, 0.2) is 0 Å². The molecule has 1 aromatic rings. The predicted molar refractivity (Wildman–Crippen MR) is 82.8 cm³/mol. The number of aromatic amines is 1. The Labute approximate surface area is 134 Å². The number of carboxylic acids is 1. The van der Waals surface area contributed by atoms with Crippen LogP contribution in [0.5, 0.6) is 0 Å². The van der Waals surface area contributed by atoms with Crippen molar-refractivity contribution in [3.63, 3.8) is 0 Å². The zero-order valence-corrected chi connectivity index (χ0v) is 13.8. The lowest BCUT2D eigenvalue weighted by Gasteiger charge is -2.23. The van der Waals surface area contributed by atoms with E-state index in [9.17, 15) is 14.4 Å². The van der Waals surface area contributed by atoms with Gasteiger partial charge in [0.25, 0.3) is 5.91 Å². The van der Waals surface area contributed by atoms with Crippen molar-refractivity contribution in [1.82, 2.24) is 9.88 Å². The molecule has 7 nitrogen and oxygen atoms in total. The van der Waals surface area contributed by atoms with Gasteiger partial charge in [-0.15, -0.1) is 0 Å². The molecule has 2 atom stereocenters. The van der Waals surface area contributed by atoms with Crippen LogP contribution in [0.2, 0.25) is 0 Å². The van der Waals surface area contributed by atoms with Gasteiger partial charge < -0.3 is 19.7 Å². The third kappa shape index (κ3) is 3.29. The molecule has 1 aliphatic rings. The molecule has 0 saturated carbocycles. The average Bonchev–Trinajstić information content (AvgIpc) is 2.98. The van der Waals surface area contributed by atoms with Gasteiger partial charge >= 0.3 is 5.97 Å². The molecule has 1 saturated heterocycles. The molecule has 0 bridgehead atoms. The molecule has 1 amide bonds. The molecule has 1 aliphatic heterocycles. The van der Waals surface area contributed by atoms with Crippen LogP contribution in [-0.4, -0.2) is 58.5 Å². The number of nitrogens with zero attached hydrogens (tertiary/aromatic N) is 1. The van der Waals surface area contributed by atoms with Crippen LogP contribution in [0.3, 0.4) is 0 Å². The van der Waals surface area contributed by atoms with Crippen LogP contribution in [0.25, 0.3) is 0 Å². The molecular formula is C16H22N2O5. The number of hydrogen-bond acceptors (Lipinski definition) is 4. The maximum absolute atomic E-state index is 12.8. The largest absolute Gasteiger partial charge is 0.481 e. The van der Waals surface area contributed by atoms with Crippen molar-refractivity contribution in [2.24, 2.45) is 0 Å². The molecule has 0 aromatic carbocycles. The Morgan fingerprint density at radius 3 is 2.48 bits per heavy atom. The average molecular weight is 322 g/mol. The van der Waals surface area contributed by atoms with Crippen LogP contribution < -0.4 is 0 Å². The normalized spacial score (nSPS) is 20.8. The quantitative estimate of drug-likeness (QED) is 0.801. The molecule has 7 heteroatoms. The maximum atomic E-state index is 12.8. The van der Waals surface area contributed by atoms with Crippen LogP contribution in [-0.2, 0) is 9.53 Å². The van der Waals surface area contributed by atoms with Gasteiger partial charge in [-0.05, 0) is 32.8 Å². The van der Waals surface area contributed by atoms with Gasteiger partial charge in [-0.2, -0.15) is 0 Å². The van der Waals surface area contributed by atoms with Gasteiger partial charge in [0, 0.05) is 31.0 Å². The topological polar surface area (TPSA) is 99.7 Å². The van der Waals surface area contributed by atoms with Crippen LogP contribution >= 0.6 is 0 Å². The third-order valence-electron chi connectivity index (χ3n) is 4.38. The molecule has 2 heterocycles. The molecule has 0 spiro atoms. The second-order valence-electron chi connectivity index (χ2n) is 5.98. The summed E-state index contributed by atoms with van der Waals surface area (Å²) in [6, 6.07) is -0.409. The summed E-state index contributed by atoms with van der Waals surface area (Å²) in [4.78, 5) is 40.1. The number of ketones is 1. The summed E-state index contributed by atoms with van der Waals surface area (Å²) < 4.78 is 5.29. The van der Waals surface area contributed by atoms with Crippen molar-refractivity contribution in [3.05, 3.63) is 22.5 Å². The summed E-state index contributed by atoms with van der Waals surface area (Å²) in [5.74, 6) is -1.34. The number of amides is 1. The minimum Gasteiger partial charge on any atom is -0.481 e. The number of H-pyrrole nitrogens is 1. The monoisotopic (exact) mass is 322 g/mol. The Bertz CT molecular complexity index is 649. The SMILES string of the molecule is COC1CC(CC(=O)O)N(C(=O)c2[nH]c(C)c(C(C)=O)c2C)C1. The summed E-state index contributed by atoms with van der Waals surface area (Å²) in [5.41, 5.74) is 2.12. The second kappa shape index (κ2) is 6.54. The van der Waals surface area contributed by atoms with Crippen molar-refractivity contribution in [2.45, 2.75) is 45.8 Å². The van der Waals surface area contributed by atoms with E-state index in [2.05, 4.69) is 4.98 Å².